The largest absolute Gasteiger partial charge is 0.308 e. The van der Waals surface area contributed by atoms with Crippen LogP contribution in [0.2, 0.25) is 0 Å². The zero-order chi connectivity index (χ0) is 18.4. The van der Waals surface area contributed by atoms with Crippen molar-refractivity contribution in [1.82, 2.24) is 5.32 Å². The number of amides is 1. The summed E-state index contributed by atoms with van der Waals surface area (Å²) in [6, 6.07) is 18.5. The van der Waals surface area contributed by atoms with E-state index in [0.29, 0.717) is 18.7 Å². The van der Waals surface area contributed by atoms with Crippen molar-refractivity contribution in [3.63, 3.8) is 0 Å². The Labute approximate surface area is 153 Å². The summed E-state index contributed by atoms with van der Waals surface area (Å²) < 4.78 is 27.0. The molecule has 0 bridgehead atoms. The highest BCUT2D eigenvalue weighted by molar-refractivity contribution is 5.94. The maximum absolute atomic E-state index is 14.2. The molecule has 5 heteroatoms. The molecule has 0 spiro atoms. The summed E-state index contributed by atoms with van der Waals surface area (Å²) in [6.07, 6.45) is -0.547. The predicted molar refractivity (Wildman–Crippen MR) is 99.5 cm³/mol. The second-order valence-electron chi connectivity index (χ2n) is 6.65. The lowest BCUT2D eigenvalue weighted by Gasteiger charge is -2.33. The molecule has 1 aliphatic rings. The van der Waals surface area contributed by atoms with Crippen LogP contribution < -0.4 is 10.2 Å². The number of hydrogen-bond donors (Lipinski definition) is 1. The summed E-state index contributed by atoms with van der Waals surface area (Å²) in [4.78, 5) is 14.2. The molecule has 3 unspecified atom stereocenters. The molecule has 0 heterocycles. The maximum Gasteiger partial charge on any atom is 0.229 e. The molecule has 1 fully saturated rings. The number of alkyl halides is 2. The number of carbonyl (C=O) groups excluding carboxylic acids is 1. The molecule has 1 N–H and O–H groups in total. The fourth-order valence-electron chi connectivity index (χ4n) is 3.61. The third-order valence-electron chi connectivity index (χ3n) is 4.83. The molecule has 0 saturated heterocycles. The van der Waals surface area contributed by atoms with E-state index in [1.165, 1.54) is 0 Å². The standard InChI is InChI=1S/C21H24F2N2O/c22-12-11-21(26)25(18-9-5-2-6-10-18)20-14-17(23)13-19(20)24-15-16-7-3-1-4-8-16/h1-10,17,19-20,24H,11-15H2. The van der Waals surface area contributed by atoms with Crippen LogP contribution in [0.15, 0.2) is 60.7 Å². The normalized spacial score (nSPS) is 22.3. The molecule has 26 heavy (non-hydrogen) atoms. The number of hydrogen-bond acceptors (Lipinski definition) is 2. The van der Waals surface area contributed by atoms with Gasteiger partial charge in [-0.05, 0) is 24.1 Å². The van der Waals surface area contributed by atoms with E-state index >= 15 is 0 Å². The summed E-state index contributed by atoms with van der Waals surface area (Å²) in [5.74, 6) is -0.302. The quantitative estimate of drug-likeness (QED) is 0.810. The summed E-state index contributed by atoms with van der Waals surface area (Å²) in [7, 11) is 0. The predicted octanol–water partition coefficient (Wildman–Crippen LogP) is 4.04. The average Bonchev–Trinajstić information content (AvgIpc) is 3.02. The number of nitrogens with zero attached hydrogens (tertiary/aromatic N) is 1. The number of anilines is 1. The van der Waals surface area contributed by atoms with Gasteiger partial charge in [-0.25, -0.2) is 4.39 Å². The lowest BCUT2D eigenvalue weighted by molar-refractivity contribution is -0.119. The van der Waals surface area contributed by atoms with Crippen molar-refractivity contribution in [3.05, 3.63) is 66.2 Å². The third-order valence-corrected chi connectivity index (χ3v) is 4.83. The first-order valence-electron chi connectivity index (χ1n) is 9.03. The SMILES string of the molecule is O=C(CCF)N(c1ccccc1)C1CC(F)CC1NCc1ccccc1. The van der Waals surface area contributed by atoms with Gasteiger partial charge in [-0.3, -0.25) is 9.18 Å². The molecular weight excluding hydrogens is 334 g/mol. The van der Waals surface area contributed by atoms with Gasteiger partial charge in [0.1, 0.15) is 6.17 Å². The van der Waals surface area contributed by atoms with Crippen LogP contribution in [-0.2, 0) is 11.3 Å². The number of halogens is 2. The van der Waals surface area contributed by atoms with Gasteiger partial charge >= 0.3 is 0 Å². The van der Waals surface area contributed by atoms with Crippen molar-refractivity contribution in [2.75, 3.05) is 11.6 Å². The molecule has 2 aromatic carbocycles. The Balaban J connectivity index is 1.79. The topological polar surface area (TPSA) is 32.3 Å². The first kappa shape index (κ1) is 18.5. The van der Waals surface area contributed by atoms with Crippen LogP contribution in [0.25, 0.3) is 0 Å². The Hall–Kier alpha value is -2.27. The first-order chi connectivity index (χ1) is 12.7. The molecule has 1 aliphatic carbocycles. The van der Waals surface area contributed by atoms with Gasteiger partial charge < -0.3 is 10.2 Å². The van der Waals surface area contributed by atoms with Gasteiger partial charge in [-0.1, -0.05) is 48.5 Å². The van der Waals surface area contributed by atoms with E-state index < -0.39 is 12.8 Å². The molecule has 1 amide bonds. The van der Waals surface area contributed by atoms with Crippen LogP contribution >= 0.6 is 0 Å². The smallest absolute Gasteiger partial charge is 0.229 e. The second kappa shape index (κ2) is 8.90. The summed E-state index contributed by atoms with van der Waals surface area (Å²) in [5.41, 5.74) is 1.80. The van der Waals surface area contributed by atoms with Crippen molar-refractivity contribution < 1.29 is 13.6 Å². The van der Waals surface area contributed by atoms with Crippen LogP contribution in [0.3, 0.4) is 0 Å². The van der Waals surface area contributed by atoms with Crippen LogP contribution in [0.1, 0.15) is 24.8 Å². The number of benzene rings is 2. The minimum atomic E-state index is -0.974. The van der Waals surface area contributed by atoms with E-state index in [9.17, 15) is 13.6 Å². The molecule has 138 valence electrons. The monoisotopic (exact) mass is 358 g/mol. The van der Waals surface area contributed by atoms with Gasteiger partial charge in [0.2, 0.25) is 5.91 Å². The van der Waals surface area contributed by atoms with Crippen LogP contribution in [-0.4, -0.2) is 30.8 Å². The second-order valence-corrected chi connectivity index (χ2v) is 6.65. The minimum absolute atomic E-state index is 0.172. The highest BCUT2D eigenvalue weighted by Gasteiger charge is 2.40. The number of nitrogens with one attached hydrogen (secondary N) is 1. The number of carbonyl (C=O) groups is 1. The molecule has 2 aromatic rings. The number of rotatable bonds is 7. The highest BCUT2D eigenvalue weighted by Crippen LogP contribution is 2.31. The van der Waals surface area contributed by atoms with Crippen LogP contribution in [0, 0.1) is 0 Å². The van der Waals surface area contributed by atoms with Crippen molar-refractivity contribution in [2.24, 2.45) is 0 Å². The van der Waals surface area contributed by atoms with Crippen molar-refractivity contribution in [2.45, 2.75) is 44.1 Å². The van der Waals surface area contributed by atoms with Crippen molar-refractivity contribution in [1.29, 1.82) is 0 Å². The van der Waals surface area contributed by atoms with Gasteiger partial charge in [0.05, 0.1) is 19.1 Å². The van der Waals surface area contributed by atoms with E-state index in [1.807, 2.05) is 60.7 Å². The van der Waals surface area contributed by atoms with E-state index in [4.69, 9.17) is 0 Å². The molecule has 3 atom stereocenters. The highest BCUT2D eigenvalue weighted by atomic mass is 19.1. The van der Waals surface area contributed by atoms with Gasteiger partial charge in [-0.15, -0.1) is 0 Å². The fraction of sp³-hybridized carbons (Fsp3) is 0.381. The summed E-state index contributed by atoms with van der Waals surface area (Å²) in [6.45, 7) is -0.106. The van der Waals surface area contributed by atoms with E-state index in [2.05, 4.69) is 5.32 Å². The lowest BCUT2D eigenvalue weighted by Crippen LogP contribution is -2.49. The first-order valence-corrected chi connectivity index (χ1v) is 9.03. The molecule has 0 aromatic heterocycles. The number of para-hydroxylation sites is 1. The van der Waals surface area contributed by atoms with Crippen molar-refractivity contribution in [3.8, 4) is 0 Å². The summed E-state index contributed by atoms with van der Waals surface area (Å²) in [5, 5.41) is 3.40. The zero-order valence-electron chi connectivity index (χ0n) is 14.7. The third kappa shape index (κ3) is 4.47. The molecular formula is C21H24F2N2O. The van der Waals surface area contributed by atoms with E-state index in [0.717, 1.165) is 5.56 Å². The minimum Gasteiger partial charge on any atom is -0.308 e. The summed E-state index contributed by atoms with van der Waals surface area (Å²) >= 11 is 0. The zero-order valence-corrected chi connectivity index (χ0v) is 14.7. The van der Waals surface area contributed by atoms with Gasteiger partial charge in [0.15, 0.2) is 0 Å². The Morgan fingerprint density at radius 2 is 1.69 bits per heavy atom. The average molecular weight is 358 g/mol. The lowest BCUT2D eigenvalue weighted by atomic mass is 10.1. The molecule has 0 aliphatic heterocycles. The van der Waals surface area contributed by atoms with Crippen molar-refractivity contribution >= 4 is 11.6 Å². The Bertz CT molecular complexity index is 696. The van der Waals surface area contributed by atoms with E-state index in [1.54, 1.807) is 4.90 Å². The van der Waals surface area contributed by atoms with Gasteiger partial charge in [0, 0.05) is 24.7 Å². The Kier molecular flexibility index (Phi) is 6.34. The van der Waals surface area contributed by atoms with Crippen LogP contribution in [0.5, 0.6) is 0 Å². The van der Waals surface area contributed by atoms with Crippen LogP contribution in [0.4, 0.5) is 14.5 Å². The fourth-order valence-corrected chi connectivity index (χ4v) is 3.61. The Morgan fingerprint density at radius 1 is 1.04 bits per heavy atom. The van der Waals surface area contributed by atoms with Gasteiger partial charge in [0.25, 0.3) is 0 Å². The molecule has 0 radical (unpaired) electrons. The molecule has 3 nitrogen and oxygen atoms in total. The Morgan fingerprint density at radius 3 is 2.35 bits per heavy atom. The maximum atomic E-state index is 14.2. The molecule has 3 rings (SSSR count). The van der Waals surface area contributed by atoms with E-state index in [-0.39, 0.29) is 30.8 Å². The molecule has 1 saturated carbocycles. The van der Waals surface area contributed by atoms with Gasteiger partial charge in [-0.2, -0.15) is 0 Å².